The zero-order chi connectivity index (χ0) is 20.7. The van der Waals surface area contributed by atoms with E-state index < -0.39 is 5.91 Å². The largest absolute Gasteiger partial charge is 0.488 e. The van der Waals surface area contributed by atoms with E-state index >= 15 is 0 Å². The Kier molecular flexibility index (Phi) is 4.36. The van der Waals surface area contributed by atoms with Gasteiger partial charge in [-0.15, -0.1) is 0 Å². The van der Waals surface area contributed by atoms with Crippen LogP contribution in [-0.2, 0) is 13.0 Å². The van der Waals surface area contributed by atoms with Gasteiger partial charge in [0.25, 0.3) is 5.91 Å². The fourth-order valence-electron chi connectivity index (χ4n) is 3.93. The number of carbonyl (C=O) groups excluding carboxylic acids is 1. The Morgan fingerprint density at radius 2 is 1.77 bits per heavy atom. The maximum absolute atomic E-state index is 11.4. The van der Waals surface area contributed by atoms with Crippen LogP contribution < -0.4 is 10.5 Å². The highest BCUT2D eigenvalue weighted by atomic mass is 16.5. The molecule has 2 heterocycles. The van der Waals surface area contributed by atoms with Crippen molar-refractivity contribution in [3.8, 4) is 22.6 Å². The molecule has 0 spiro atoms. The van der Waals surface area contributed by atoms with Crippen LogP contribution >= 0.6 is 0 Å². The van der Waals surface area contributed by atoms with Gasteiger partial charge in [0.05, 0.1) is 5.69 Å². The van der Waals surface area contributed by atoms with Crippen molar-refractivity contribution < 1.29 is 9.53 Å². The highest BCUT2D eigenvalue weighted by Gasteiger charge is 2.17. The number of nitrogens with two attached hydrogens (primary N) is 1. The Morgan fingerprint density at radius 3 is 2.53 bits per heavy atom. The Labute approximate surface area is 174 Å². The van der Waals surface area contributed by atoms with Crippen molar-refractivity contribution in [3.63, 3.8) is 0 Å². The third kappa shape index (κ3) is 3.24. The molecule has 0 fully saturated rings. The molecule has 0 radical (unpaired) electrons. The van der Waals surface area contributed by atoms with Crippen molar-refractivity contribution in [2.45, 2.75) is 20.0 Å². The number of benzene rings is 3. The van der Waals surface area contributed by atoms with Crippen LogP contribution in [0.2, 0.25) is 0 Å². The predicted octanol–water partition coefficient (Wildman–Crippen LogP) is 4.43. The Balaban J connectivity index is 1.38. The number of hydrogen-bond donors (Lipinski definition) is 1. The van der Waals surface area contributed by atoms with Gasteiger partial charge in [0, 0.05) is 11.3 Å². The summed E-state index contributed by atoms with van der Waals surface area (Å²) in [6.45, 7) is 2.51. The van der Waals surface area contributed by atoms with Crippen LogP contribution in [0.15, 0.2) is 72.8 Å². The lowest BCUT2D eigenvalue weighted by atomic mass is 9.94. The van der Waals surface area contributed by atoms with Crippen LogP contribution in [-0.4, -0.2) is 15.7 Å². The predicted molar refractivity (Wildman–Crippen MR) is 116 cm³/mol. The Hall–Kier alpha value is -3.86. The third-order valence-corrected chi connectivity index (χ3v) is 5.47. The zero-order valence-electron chi connectivity index (χ0n) is 16.6. The monoisotopic (exact) mass is 395 g/mol. The van der Waals surface area contributed by atoms with Crippen LogP contribution in [0.25, 0.3) is 16.8 Å². The van der Waals surface area contributed by atoms with Crippen molar-refractivity contribution in [1.82, 2.24) is 9.78 Å². The molecular weight excluding hydrogens is 374 g/mol. The molecule has 3 aromatic carbocycles. The van der Waals surface area contributed by atoms with E-state index in [0.717, 1.165) is 29.1 Å². The van der Waals surface area contributed by atoms with E-state index in [1.54, 1.807) is 10.7 Å². The fourth-order valence-corrected chi connectivity index (χ4v) is 3.93. The van der Waals surface area contributed by atoms with Gasteiger partial charge in [-0.05, 0) is 59.9 Å². The van der Waals surface area contributed by atoms with Gasteiger partial charge in [-0.1, -0.05) is 48.5 Å². The molecule has 0 saturated heterocycles. The van der Waals surface area contributed by atoms with E-state index in [-0.39, 0.29) is 5.69 Å². The van der Waals surface area contributed by atoms with E-state index in [1.807, 2.05) is 25.1 Å². The number of aryl methyl sites for hydroxylation is 1. The second-order valence-electron chi connectivity index (χ2n) is 7.57. The van der Waals surface area contributed by atoms with E-state index in [0.29, 0.717) is 6.61 Å². The highest BCUT2D eigenvalue weighted by Crippen LogP contribution is 2.38. The second-order valence-corrected chi connectivity index (χ2v) is 7.57. The highest BCUT2D eigenvalue weighted by molar-refractivity contribution is 5.90. The van der Waals surface area contributed by atoms with Crippen LogP contribution in [0.3, 0.4) is 0 Å². The first-order chi connectivity index (χ1) is 14.6. The minimum atomic E-state index is -0.522. The van der Waals surface area contributed by atoms with E-state index in [2.05, 4.69) is 53.6 Å². The number of fused-ring (bicyclic) bond motifs is 3. The summed E-state index contributed by atoms with van der Waals surface area (Å²) >= 11 is 0. The molecule has 5 nitrogen and oxygen atoms in total. The molecule has 1 amide bonds. The summed E-state index contributed by atoms with van der Waals surface area (Å²) in [6.07, 6.45) is 0.809. The van der Waals surface area contributed by atoms with Gasteiger partial charge in [0.2, 0.25) is 0 Å². The van der Waals surface area contributed by atoms with Gasteiger partial charge in [-0.3, -0.25) is 4.79 Å². The molecule has 2 N–H and O–H groups in total. The first-order valence-electron chi connectivity index (χ1n) is 9.88. The van der Waals surface area contributed by atoms with Crippen LogP contribution in [0.1, 0.15) is 32.9 Å². The smallest absolute Gasteiger partial charge is 0.269 e. The summed E-state index contributed by atoms with van der Waals surface area (Å²) in [5.41, 5.74) is 13.4. The van der Waals surface area contributed by atoms with Crippen molar-refractivity contribution in [2.24, 2.45) is 5.73 Å². The summed E-state index contributed by atoms with van der Waals surface area (Å²) in [4.78, 5) is 11.4. The second kappa shape index (κ2) is 7.19. The molecule has 5 heteroatoms. The molecule has 1 aliphatic rings. The molecule has 4 aromatic rings. The van der Waals surface area contributed by atoms with Crippen LogP contribution in [0.4, 0.5) is 0 Å². The minimum Gasteiger partial charge on any atom is -0.488 e. The van der Waals surface area contributed by atoms with Gasteiger partial charge < -0.3 is 10.5 Å². The number of amides is 1. The normalized spacial score (nSPS) is 12.0. The third-order valence-electron chi connectivity index (χ3n) is 5.47. The number of rotatable bonds is 4. The molecular formula is C25H21N3O2. The van der Waals surface area contributed by atoms with Gasteiger partial charge in [-0.2, -0.15) is 5.10 Å². The lowest BCUT2D eigenvalue weighted by molar-refractivity contribution is 0.0995. The lowest BCUT2D eigenvalue weighted by Crippen LogP contribution is -2.12. The molecule has 5 rings (SSSR count). The molecule has 0 aliphatic carbocycles. The molecule has 148 valence electrons. The van der Waals surface area contributed by atoms with E-state index in [1.165, 1.54) is 22.3 Å². The molecule has 30 heavy (non-hydrogen) atoms. The van der Waals surface area contributed by atoms with Gasteiger partial charge >= 0.3 is 0 Å². The molecule has 1 aliphatic heterocycles. The van der Waals surface area contributed by atoms with Gasteiger partial charge in [0.1, 0.15) is 12.4 Å². The van der Waals surface area contributed by atoms with Gasteiger partial charge in [-0.25, -0.2) is 4.68 Å². The average molecular weight is 395 g/mol. The number of primary amides is 1. The van der Waals surface area contributed by atoms with Crippen molar-refractivity contribution in [2.75, 3.05) is 0 Å². The lowest BCUT2D eigenvalue weighted by Gasteiger charge is -2.21. The maximum atomic E-state index is 11.4. The van der Waals surface area contributed by atoms with E-state index in [9.17, 15) is 4.79 Å². The fraction of sp³-hybridized carbons (Fsp3) is 0.120. The molecule has 0 unspecified atom stereocenters. The minimum absolute atomic E-state index is 0.271. The summed E-state index contributed by atoms with van der Waals surface area (Å²) < 4.78 is 7.72. The SMILES string of the molecule is Cc1cc(C(N)=O)nn1-c1ccc(Cc2ccc3c(c2)OCc2ccccc2-3)cc1. The Bertz CT molecular complexity index is 1260. The first kappa shape index (κ1) is 18.2. The number of carbonyl (C=O) groups is 1. The Morgan fingerprint density at radius 1 is 1.00 bits per heavy atom. The van der Waals surface area contributed by atoms with Gasteiger partial charge in [0.15, 0.2) is 5.69 Å². The van der Waals surface area contributed by atoms with Crippen molar-refractivity contribution in [1.29, 1.82) is 0 Å². The quantitative estimate of drug-likeness (QED) is 0.556. The molecule has 0 atom stereocenters. The number of nitrogens with zero attached hydrogens (tertiary/aromatic N) is 2. The zero-order valence-corrected chi connectivity index (χ0v) is 16.6. The average Bonchev–Trinajstić information content (AvgIpc) is 3.16. The van der Waals surface area contributed by atoms with Crippen molar-refractivity contribution in [3.05, 3.63) is 101 Å². The summed E-state index contributed by atoms with van der Waals surface area (Å²) in [6, 6.07) is 24.7. The molecule has 1 aromatic heterocycles. The summed E-state index contributed by atoms with van der Waals surface area (Å²) in [5.74, 6) is 0.416. The summed E-state index contributed by atoms with van der Waals surface area (Å²) in [7, 11) is 0. The van der Waals surface area contributed by atoms with Crippen LogP contribution in [0.5, 0.6) is 5.75 Å². The topological polar surface area (TPSA) is 70.1 Å². The van der Waals surface area contributed by atoms with Crippen molar-refractivity contribution >= 4 is 5.91 Å². The number of aromatic nitrogens is 2. The molecule has 0 saturated carbocycles. The van der Waals surface area contributed by atoms with Crippen LogP contribution in [0, 0.1) is 6.92 Å². The number of hydrogen-bond acceptors (Lipinski definition) is 3. The maximum Gasteiger partial charge on any atom is 0.269 e. The summed E-state index contributed by atoms with van der Waals surface area (Å²) in [5, 5.41) is 4.29. The van der Waals surface area contributed by atoms with E-state index in [4.69, 9.17) is 10.5 Å². The first-order valence-corrected chi connectivity index (χ1v) is 9.88. The standard InChI is InChI=1S/C25H21N3O2/c1-16-12-23(25(26)29)27-28(16)20-9-6-17(7-10-20)13-18-8-11-22-21-5-3-2-4-19(21)15-30-24(22)14-18/h2-12,14H,13,15H2,1H3,(H2,26,29). The molecule has 0 bridgehead atoms. The number of ether oxygens (including phenoxy) is 1.